The molecule has 4 rings (SSSR count). The summed E-state index contributed by atoms with van der Waals surface area (Å²) >= 11 is 0. The van der Waals surface area contributed by atoms with Crippen LogP contribution in [0.2, 0.25) is 0 Å². The van der Waals surface area contributed by atoms with Crippen LogP contribution in [0.25, 0.3) is 11.0 Å². The minimum atomic E-state index is -0.503. The van der Waals surface area contributed by atoms with Crippen molar-refractivity contribution in [3.05, 3.63) is 53.3 Å². The van der Waals surface area contributed by atoms with E-state index in [1.54, 1.807) is 10.8 Å². The number of aromatic nitrogens is 2. The number of amides is 1. The van der Waals surface area contributed by atoms with Gasteiger partial charge in [0.15, 0.2) is 5.69 Å². The molecule has 2 aromatic heterocycles. The number of hydrogen-bond acceptors (Lipinski definition) is 5. The average Bonchev–Trinajstić information content (AvgIpc) is 3.05. The van der Waals surface area contributed by atoms with Gasteiger partial charge in [-0.25, -0.2) is 9.78 Å². The summed E-state index contributed by atoms with van der Waals surface area (Å²) in [5.74, 6) is -0.755. The van der Waals surface area contributed by atoms with Gasteiger partial charge in [-0.05, 0) is 43.4 Å². The number of rotatable bonds is 5. The molecule has 156 valence electrons. The van der Waals surface area contributed by atoms with Gasteiger partial charge >= 0.3 is 5.97 Å². The minimum Gasteiger partial charge on any atom is -0.464 e. The van der Waals surface area contributed by atoms with Gasteiger partial charge in [-0.1, -0.05) is 24.3 Å². The fourth-order valence-electron chi connectivity index (χ4n) is 4.28. The molecule has 0 fully saturated rings. The van der Waals surface area contributed by atoms with E-state index in [9.17, 15) is 9.59 Å². The number of benzene rings is 1. The van der Waals surface area contributed by atoms with Gasteiger partial charge in [0.05, 0.1) is 24.7 Å². The van der Waals surface area contributed by atoms with Crippen molar-refractivity contribution < 1.29 is 14.3 Å². The molecule has 2 heterocycles. The molecule has 0 spiro atoms. The largest absolute Gasteiger partial charge is 0.464 e. The molecule has 0 radical (unpaired) electrons. The highest BCUT2D eigenvalue weighted by Crippen LogP contribution is 2.33. The van der Waals surface area contributed by atoms with E-state index in [4.69, 9.17) is 4.74 Å². The summed E-state index contributed by atoms with van der Waals surface area (Å²) in [6.45, 7) is 3.88. The van der Waals surface area contributed by atoms with Gasteiger partial charge in [-0.2, -0.15) is 0 Å². The molecule has 1 aliphatic carbocycles. The van der Waals surface area contributed by atoms with Gasteiger partial charge in [0, 0.05) is 24.9 Å². The number of nitrogens with one attached hydrogen (secondary N) is 2. The first-order valence-electron chi connectivity index (χ1n) is 10.2. The monoisotopic (exact) mass is 406 g/mol. The fourth-order valence-corrected chi connectivity index (χ4v) is 4.28. The Labute approximate surface area is 175 Å². The van der Waals surface area contributed by atoms with Crippen molar-refractivity contribution in [1.82, 2.24) is 9.55 Å². The lowest BCUT2D eigenvalue weighted by atomic mass is 9.88. The zero-order valence-corrected chi connectivity index (χ0v) is 17.5. The van der Waals surface area contributed by atoms with Crippen molar-refractivity contribution in [2.45, 2.75) is 45.7 Å². The lowest BCUT2D eigenvalue weighted by Crippen LogP contribution is -2.27. The smallest absolute Gasteiger partial charge is 0.356 e. The molecule has 1 aliphatic rings. The molecule has 7 nitrogen and oxygen atoms in total. The zero-order valence-electron chi connectivity index (χ0n) is 17.5. The second-order valence-electron chi connectivity index (χ2n) is 7.59. The van der Waals surface area contributed by atoms with Crippen LogP contribution in [0, 0.1) is 0 Å². The van der Waals surface area contributed by atoms with E-state index in [-0.39, 0.29) is 5.91 Å². The van der Waals surface area contributed by atoms with Crippen LogP contribution in [0.4, 0.5) is 11.4 Å². The Morgan fingerprint density at radius 2 is 2.03 bits per heavy atom. The highest BCUT2D eigenvalue weighted by atomic mass is 16.5. The Morgan fingerprint density at radius 3 is 2.73 bits per heavy atom. The number of esters is 1. The van der Waals surface area contributed by atoms with Crippen LogP contribution in [0.1, 0.15) is 41.9 Å². The summed E-state index contributed by atoms with van der Waals surface area (Å²) in [6, 6.07) is 10.8. The third-order valence-corrected chi connectivity index (χ3v) is 5.61. The quantitative estimate of drug-likeness (QED) is 0.630. The van der Waals surface area contributed by atoms with Gasteiger partial charge in [-0.15, -0.1) is 0 Å². The third kappa shape index (κ3) is 3.63. The predicted molar refractivity (Wildman–Crippen MR) is 117 cm³/mol. The first kappa shape index (κ1) is 19.9. The van der Waals surface area contributed by atoms with Gasteiger partial charge in [0.25, 0.3) is 0 Å². The fraction of sp³-hybridized carbons (Fsp3) is 0.348. The number of carbonyl (C=O) groups is 2. The molecule has 0 saturated heterocycles. The maximum absolute atomic E-state index is 12.4. The lowest BCUT2D eigenvalue weighted by Gasteiger charge is -2.26. The van der Waals surface area contributed by atoms with Crippen molar-refractivity contribution in [2.75, 3.05) is 17.7 Å². The molecule has 0 bridgehead atoms. The summed E-state index contributed by atoms with van der Waals surface area (Å²) in [7, 11) is 1.33. The van der Waals surface area contributed by atoms with E-state index in [2.05, 4.69) is 39.9 Å². The summed E-state index contributed by atoms with van der Waals surface area (Å²) in [5.41, 5.74) is 5.04. The molecule has 2 N–H and O–H groups in total. The second kappa shape index (κ2) is 8.18. The number of anilines is 2. The first-order valence-corrected chi connectivity index (χ1v) is 10.2. The van der Waals surface area contributed by atoms with E-state index in [0.29, 0.717) is 35.0 Å². The Hall–Kier alpha value is -3.35. The van der Waals surface area contributed by atoms with Crippen LogP contribution < -0.4 is 10.6 Å². The SMILES string of the molecule is CCn1c(C(=O)OC)c(NC(C)=O)c2cc(N[C@H]3CCc4ccccc4C3)cnc21. The molecular formula is C23H26N4O3. The number of ether oxygens (including phenoxy) is 1. The first-order chi connectivity index (χ1) is 14.5. The Balaban J connectivity index is 1.71. The maximum Gasteiger partial charge on any atom is 0.356 e. The number of fused-ring (bicyclic) bond motifs is 2. The van der Waals surface area contributed by atoms with Crippen molar-refractivity contribution in [2.24, 2.45) is 0 Å². The van der Waals surface area contributed by atoms with Crippen molar-refractivity contribution in [3.8, 4) is 0 Å². The average molecular weight is 406 g/mol. The number of hydrogen-bond donors (Lipinski definition) is 2. The zero-order chi connectivity index (χ0) is 21.3. The van der Waals surface area contributed by atoms with E-state index >= 15 is 0 Å². The van der Waals surface area contributed by atoms with E-state index in [1.165, 1.54) is 25.2 Å². The summed E-state index contributed by atoms with van der Waals surface area (Å²) < 4.78 is 6.73. The molecular weight excluding hydrogens is 380 g/mol. The third-order valence-electron chi connectivity index (χ3n) is 5.61. The van der Waals surface area contributed by atoms with Crippen molar-refractivity contribution in [3.63, 3.8) is 0 Å². The van der Waals surface area contributed by atoms with Crippen LogP contribution in [-0.2, 0) is 28.9 Å². The van der Waals surface area contributed by atoms with Crippen LogP contribution in [0.5, 0.6) is 0 Å². The van der Waals surface area contributed by atoms with E-state index in [0.717, 1.165) is 24.9 Å². The van der Waals surface area contributed by atoms with Gasteiger partial charge in [-0.3, -0.25) is 4.79 Å². The number of carbonyl (C=O) groups excluding carboxylic acids is 2. The van der Waals surface area contributed by atoms with E-state index in [1.807, 2.05) is 13.0 Å². The number of pyridine rings is 1. The Kier molecular flexibility index (Phi) is 5.44. The van der Waals surface area contributed by atoms with Crippen LogP contribution >= 0.6 is 0 Å². The van der Waals surface area contributed by atoms with Crippen molar-refractivity contribution in [1.29, 1.82) is 0 Å². The highest BCUT2D eigenvalue weighted by molar-refractivity contribution is 6.10. The lowest BCUT2D eigenvalue weighted by molar-refractivity contribution is -0.114. The number of aryl methyl sites for hydroxylation is 2. The van der Waals surface area contributed by atoms with E-state index < -0.39 is 5.97 Å². The number of nitrogens with zero attached hydrogens (tertiary/aromatic N) is 2. The Morgan fingerprint density at radius 1 is 1.27 bits per heavy atom. The predicted octanol–water partition coefficient (Wildman–Crippen LogP) is 3.77. The van der Waals surface area contributed by atoms with Crippen LogP contribution in [0.15, 0.2) is 36.5 Å². The Bertz CT molecular complexity index is 1120. The van der Waals surface area contributed by atoms with Gasteiger partial charge in [0.1, 0.15) is 5.65 Å². The molecule has 1 aromatic carbocycles. The normalized spacial score (nSPS) is 15.5. The molecule has 0 saturated carbocycles. The van der Waals surface area contributed by atoms with Crippen LogP contribution in [0.3, 0.4) is 0 Å². The summed E-state index contributed by atoms with van der Waals surface area (Å²) in [6.07, 6.45) is 4.82. The highest BCUT2D eigenvalue weighted by Gasteiger charge is 2.25. The van der Waals surface area contributed by atoms with Gasteiger partial charge in [0.2, 0.25) is 5.91 Å². The number of methoxy groups -OCH3 is 1. The molecule has 0 aliphatic heterocycles. The second-order valence-corrected chi connectivity index (χ2v) is 7.59. The topological polar surface area (TPSA) is 85.2 Å². The molecule has 3 aromatic rings. The maximum atomic E-state index is 12.4. The minimum absolute atomic E-state index is 0.252. The molecule has 7 heteroatoms. The molecule has 0 unspecified atom stereocenters. The van der Waals surface area contributed by atoms with Crippen molar-refractivity contribution >= 4 is 34.3 Å². The summed E-state index contributed by atoms with van der Waals surface area (Å²) in [4.78, 5) is 28.9. The molecule has 30 heavy (non-hydrogen) atoms. The standard InChI is InChI=1S/C23H26N4O3/c1-4-27-21(23(29)30-3)20(25-14(2)28)19-12-18(13-24-22(19)27)26-17-10-9-15-7-5-6-8-16(15)11-17/h5-8,12-13,17,26H,4,9-11H2,1-3H3,(H,25,28)/t17-/m0/s1. The summed E-state index contributed by atoms with van der Waals surface area (Å²) in [5, 5.41) is 7.10. The molecule has 1 atom stereocenters. The van der Waals surface area contributed by atoms with Crippen LogP contribution in [-0.4, -0.2) is 34.6 Å². The molecule has 1 amide bonds. The van der Waals surface area contributed by atoms with Gasteiger partial charge < -0.3 is 19.9 Å².